The lowest BCUT2D eigenvalue weighted by atomic mass is 10.1. The van der Waals surface area contributed by atoms with Gasteiger partial charge in [0.25, 0.3) is 0 Å². The molecular weight excluding hydrogens is 386 g/mol. The SMILES string of the molecule is Cc1nn(-c2ccccc2)c(C)c1/C=C/C(=O)c1cccc(S(=O)(=O)N(C)C)c1. The third kappa shape index (κ3) is 4.21. The molecule has 3 aromatic rings. The largest absolute Gasteiger partial charge is 0.289 e. The Kier molecular flexibility index (Phi) is 5.81. The van der Waals surface area contributed by atoms with E-state index in [0.717, 1.165) is 26.9 Å². The molecule has 150 valence electrons. The van der Waals surface area contributed by atoms with Crippen LogP contribution in [0.1, 0.15) is 27.3 Å². The summed E-state index contributed by atoms with van der Waals surface area (Å²) in [5.74, 6) is -0.271. The first-order valence-electron chi connectivity index (χ1n) is 9.08. The monoisotopic (exact) mass is 409 g/mol. The minimum absolute atomic E-state index is 0.0889. The fourth-order valence-electron chi connectivity index (χ4n) is 2.99. The number of carbonyl (C=O) groups excluding carboxylic acids is 1. The van der Waals surface area contributed by atoms with Crippen molar-refractivity contribution in [3.05, 3.63) is 83.2 Å². The molecule has 3 rings (SSSR count). The van der Waals surface area contributed by atoms with Gasteiger partial charge in [-0.3, -0.25) is 4.79 Å². The summed E-state index contributed by atoms with van der Waals surface area (Å²) < 4.78 is 27.6. The summed E-state index contributed by atoms with van der Waals surface area (Å²) in [7, 11) is -0.681. The molecule has 0 unspecified atom stereocenters. The predicted octanol–water partition coefficient (Wildman–Crippen LogP) is 3.64. The number of carbonyl (C=O) groups is 1. The number of para-hydroxylation sites is 1. The molecule has 0 saturated heterocycles. The summed E-state index contributed by atoms with van der Waals surface area (Å²) in [6.07, 6.45) is 3.18. The van der Waals surface area contributed by atoms with E-state index in [2.05, 4.69) is 5.10 Å². The highest BCUT2D eigenvalue weighted by Crippen LogP contribution is 2.20. The molecule has 0 N–H and O–H groups in total. The normalized spacial score (nSPS) is 12.0. The van der Waals surface area contributed by atoms with Gasteiger partial charge in [-0.2, -0.15) is 5.10 Å². The van der Waals surface area contributed by atoms with Crippen LogP contribution < -0.4 is 0 Å². The second-order valence-electron chi connectivity index (χ2n) is 6.84. The van der Waals surface area contributed by atoms with Crippen molar-refractivity contribution in [1.82, 2.24) is 14.1 Å². The average molecular weight is 410 g/mol. The molecule has 0 atom stereocenters. The van der Waals surface area contributed by atoms with E-state index in [-0.39, 0.29) is 10.7 Å². The van der Waals surface area contributed by atoms with E-state index in [0.29, 0.717) is 5.56 Å². The zero-order chi connectivity index (χ0) is 21.2. The van der Waals surface area contributed by atoms with Gasteiger partial charge in [-0.05, 0) is 50.3 Å². The second kappa shape index (κ2) is 8.14. The molecule has 7 heteroatoms. The molecule has 1 aromatic heterocycles. The Balaban J connectivity index is 1.90. The van der Waals surface area contributed by atoms with E-state index >= 15 is 0 Å². The van der Waals surface area contributed by atoms with Crippen molar-refractivity contribution in [3.8, 4) is 5.69 Å². The van der Waals surface area contributed by atoms with Crippen LogP contribution in [-0.4, -0.2) is 42.4 Å². The number of aromatic nitrogens is 2. The molecule has 6 nitrogen and oxygen atoms in total. The maximum Gasteiger partial charge on any atom is 0.242 e. The molecular formula is C22H23N3O3S. The Hall–Kier alpha value is -3.03. The van der Waals surface area contributed by atoms with Gasteiger partial charge < -0.3 is 0 Å². The highest BCUT2D eigenvalue weighted by atomic mass is 32.2. The van der Waals surface area contributed by atoms with Crippen LogP contribution >= 0.6 is 0 Å². The molecule has 0 saturated carbocycles. The van der Waals surface area contributed by atoms with Crippen molar-refractivity contribution >= 4 is 21.9 Å². The minimum atomic E-state index is -3.60. The van der Waals surface area contributed by atoms with Crippen LogP contribution in [0.3, 0.4) is 0 Å². The number of allylic oxidation sites excluding steroid dienone is 1. The Labute approximate surface area is 171 Å². The van der Waals surface area contributed by atoms with Crippen LogP contribution in [0.5, 0.6) is 0 Å². The zero-order valence-electron chi connectivity index (χ0n) is 16.8. The number of rotatable bonds is 6. The Morgan fingerprint density at radius 2 is 1.72 bits per heavy atom. The van der Waals surface area contributed by atoms with E-state index in [9.17, 15) is 13.2 Å². The molecule has 2 aromatic carbocycles. The molecule has 0 aliphatic carbocycles. The van der Waals surface area contributed by atoms with Gasteiger partial charge in [-0.15, -0.1) is 0 Å². The van der Waals surface area contributed by atoms with Crippen LogP contribution in [0.4, 0.5) is 0 Å². The van der Waals surface area contributed by atoms with Crippen molar-refractivity contribution in [3.63, 3.8) is 0 Å². The van der Waals surface area contributed by atoms with Crippen LogP contribution in [0.2, 0.25) is 0 Å². The fourth-order valence-corrected chi connectivity index (χ4v) is 3.94. The van der Waals surface area contributed by atoms with E-state index in [1.165, 1.54) is 32.3 Å². The number of hydrogen-bond acceptors (Lipinski definition) is 4. The summed E-state index contributed by atoms with van der Waals surface area (Å²) in [5.41, 5.74) is 3.84. The van der Waals surface area contributed by atoms with Gasteiger partial charge in [0.2, 0.25) is 10.0 Å². The van der Waals surface area contributed by atoms with Crippen LogP contribution in [0.25, 0.3) is 11.8 Å². The lowest BCUT2D eigenvalue weighted by Crippen LogP contribution is -2.22. The molecule has 0 bridgehead atoms. The predicted molar refractivity (Wildman–Crippen MR) is 114 cm³/mol. The van der Waals surface area contributed by atoms with Crippen LogP contribution in [0.15, 0.2) is 65.6 Å². The van der Waals surface area contributed by atoms with Gasteiger partial charge in [-0.25, -0.2) is 17.4 Å². The van der Waals surface area contributed by atoms with E-state index in [4.69, 9.17) is 0 Å². The number of hydrogen-bond donors (Lipinski definition) is 0. The summed E-state index contributed by atoms with van der Waals surface area (Å²) >= 11 is 0. The third-order valence-electron chi connectivity index (χ3n) is 4.65. The lowest BCUT2D eigenvalue weighted by Gasteiger charge is -2.11. The average Bonchev–Trinajstić information content (AvgIpc) is 3.00. The third-order valence-corrected chi connectivity index (χ3v) is 6.46. The van der Waals surface area contributed by atoms with Gasteiger partial charge in [0.15, 0.2) is 5.78 Å². The highest BCUT2D eigenvalue weighted by molar-refractivity contribution is 7.89. The molecule has 0 amide bonds. The Bertz CT molecular complexity index is 1180. The quantitative estimate of drug-likeness (QED) is 0.460. The van der Waals surface area contributed by atoms with Crippen molar-refractivity contribution in [2.75, 3.05) is 14.1 Å². The molecule has 0 radical (unpaired) electrons. The molecule has 1 heterocycles. The number of nitrogens with zero attached hydrogens (tertiary/aromatic N) is 3. The van der Waals surface area contributed by atoms with Gasteiger partial charge in [0, 0.05) is 30.9 Å². The maximum atomic E-state index is 12.6. The maximum absolute atomic E-state index is 12.6. The van der Waals surface area contributed by atoms with E-state index in [1.54, 1.807) is 18.2 Å². The highest BCUT2D eigenvalue weighted by Gasteiger charge is 2.18. The standard InChI is InChI=1S/C22H23N3O3S/c1-16-21(17(2)25(23-16)19-10-6-5-7-11-19)13-14-22(26)18-9-8-12-20(15-18)29(27,28)24(3)4/h5-15H,1-4H3/b14-13+. The van der Waals surface area contributed by atoms with Gasteiger partial charge in [0.1, 0.15) is 0 Å². The first-order chi connectivity index (χ1) is 13.7. The van der Waals surface area contributed by atoms with Crippen molar-refractivity contribution in [1.29, 1.82) is 0 Å². The zero-order valence-corrected chi connectivity index (χ0v) is 17.6. The number of aryl methyl sites for hydroxylation is 1. The Morgan fingerprint density at radius 1 is 1.03 bits per heavy atom. The lowest BCUT2D eigenvalue weighted by molar-refractivity contribution is 0.104. The fraction of sp³-hybridized carbons (Fsp3) is 0.182. The van der Waals surface area contributed by atoms with Crippen molar-refractivity contribution in [2.45, 2.75) is 18.7 Å². The molecule has 0 aliphatic rings. The van der Waals surface area contributed by atoms with E-state index in [1.807, 2.05) is 48.9 Å². The van der Waals surface area contributed by atoms with Crippen molar-refractivity contribution in [2.24, 2.45) is 0 Å². The topological polar surface area (TPSA) is 72.3 Å². The number of benzene rings is 2. The van der Waals surface area contributed by atoms with E-state index < -0.39 is 10.0 Å². The number of ketones is 1. The van der Waals surface area contributed by atoms with Crippen LogP contribution in [0, 0.1) is 13.8 Å². The second-order valence-corrected chi connectivity index (χ2v) is 9.00. The summed E-state index contributed by atoms with van der Waals surface area (Å²) in [5, 5.41) is 4.57. The van der Waals surface area contributed by atoms with Gasteiger partial charge >= 0.3 is 0 Å². The van der Waals surface area contributed by atoms with Gasteiger partial charge in [-0.1, -0.05) is 30.3 Å². The minimum Gasteiger partial charge on any atom is -0.289 e. The molecule has 0 spiro atoms. The first-order valence-corrected chi connectivity index (χ1v) is 10.5. The first kappa shape index (κ1) is 20.7. The smallest absolute Gasteiger partial charge is 0.242 e. The number of sulfonamides is 1. The summed E-state index contributed by atoms with van der Waals surface area (Å²) in [6.45, 7) is 3.84. The molecule has 0 aliphatic heterocycles. The summed E-state index contributed by atoms with van der Waals surface area (Å²) in [6, 6.07) is 15.8. The van der Waals surface area contributed by atoms with Crippen LogP contribution in [-0.2, 0) is 10.0 Å². The molecule has 0 fully saturated rings. The molecule has 29 heavy (non-hydrogen) atoms. The van der Waals surface area contributed by atoms with Gasteiger partial charge in [0.05, 0.1) is 16.3 Å². The summed E-state index contributed by atoms with van der Waals surface area (Å²) in [4.78, 5) is 12.7. The Morgan fingerprint density at radius 3 is 2.38 bits per heavy atom. The van der Waals surface area contributed by atoms with Crippen molar-refractivity contribution < 1.29 is 13.2 Å².